The lowest BCUT2D eigenvalue weighted by Crippen LogP contribution is -2.19. The molecule has 172 valence electrons. The first-order valence-corrected chi connectivity index (χ1v) is 11.3. The molecule has 0 saturated heterocycles. The average molecular weight is 502 g/mol. The summed E-state index contributed by atoms with van der Waals surface area (Å²) in [6, 6.07) is 18.1. The minimum Gasteiger partial charge on any atom is -0.437 e. The highest BCUT2D eigenvalue weighted by molar-refractivity contribution is 6.35. The molecule has 0 bridgehead atoms. The normalized spacial score (nSPS) is 11.7. The van der Waals surface area contributed by atoms with Crippen LogP contribution in [0.5, 0.6) is 11.6 Å². The van der Waals surface area contributed by atoms with E-state index in [0.29, 0.717) is 16.5 Å². The van der Waals surface area contributed by atoms with Crippen LogP contribution < -0.4 is 10.3 Å². The molecule has 0 fully saturated rings. The molecular weight excluding hydrogens is 485 g/mol. The third-order valence-electron chi connectivity index (χ3n) is 5.59. The first kappa shape index (κ1) is 22.7. The fourth-order valence-corrected chi connectivity index (χ4v) is 4.28. The highest BCUT2D eigenvalue weighted by atomic mass is 35.5. The molecule has 0 radical (unpaired) electrons. The quantitative estimate of drug-likeness (QED) is 0.279. The third-order valence-corrected chi connectivity index (χ3v) is 6.12. The average Bonchev–Trinajstić information content (AvgIpc) is 3.18. The number of hydrogen-bond donors (Lipinski definition) is 0. The van der Waals surface area contributed by atoms with Crippen LogP contribution >= 0.6 is 23.2 Å². The van der Waals surface area contributed by atoms with E-state index in [0.717, 1.165) is 16.6 Å². The Morgan fingerprint density at radius 3 is 2.66 bits per heavy atom. The number of imidazole rings is 1. The molecule has 0 amide bonds. The van der Waals surface area contributed by atoms with Crippen LogP contribution in [0, 0.1) is 18.3 Å². The Morgan fingerprint density at radius 1 is 1.11 bits per heavy atom. The van der Waals surface area contributed by atoms with Crippen molar-refractivity contribution in [2.24, 2.45) is 7.05 Å². The van der Waals surface area contributed by atoms with Gasteiger partial charge in [-0.15, -0.1) is 0 Å². The van der Waals surface area contributed by atoms with E-state index in [4.69, 9.17) is 27.9 Å². The van der Waals surface area contributed by atoms with Gasteiger partial charge in [0.25, 0.3) is 5.56 Å². The number of pyridine rings is 1. The van der Waals surface area contributed by atoms with Crippen molar-refractivity contribution < 1.29 is 4.74 Å². The van der Waals surface area contributed by atoms with Gasteiger partial charge in [-0.3, -0.25) is 9.20 Å². The number of halogens is 2. The second-order valence-electron chi connectivity index (χ2n) is 7.85. The lowest BCUT2D eigenvalue weighted by Gasteiger charge is -2.12. The number of aromatic nitrogens is 4. The molecule has 7 nitrogen and oxygen atoms in total. The first-order valence-electron chi connectivity index (χ1n) is 10.6. The number of hydrogen-bond acceptors (Lipinski definition) is 5. The number of allylic oxidation sites excluding steroid dienone is 1. The van der Waals surface area contributed by atoms with Crippen LogP contribution in [-0.4, -0.2) is 18.9 Å². The van der Waals surface area contributed by atoms with Gasteiger partial charge in [-0.1, -0.05) is 41.4 Å². The lowest BCUT2D eigenvalue weighted by atomic mass is 10.1. The Labute approximate surface area is 210 Å². The smallest absolute Gasteiger partial charge is 0.269 e. The molecule has 0 N–H and O–H groups in total. The van der Waals surface area contributed by atoms with Crippen molar-refractivity contribution in [1.82, 2.24) is 18.9 Å². The number of ether oxygens (including phenoxy) is 1. The summed E-state index contributed by atoms with van der Waals surface area (Å²) in [5, 5.41) is 10.7. The predicted octanol–water partition coefficient (Wildman–Crippen LogP) is 6.05. The molecule has 5 aromatic rings. The SMILES string of the molecule is Cc1cccn2c(=O)c(/C=C(\C#N)c3nc4ccccc4n3C)c(Oc3ccc(Cl)cc3Cl)nc12. The standard InChI is InChI=1S/C26H17Cl2N5O2/c1-15-6-5-11-33-23(15)31-25(35-22-10-9-17(27)13-19(22)28)18(26(33)34)12-16(14-29)24-30-20-7-3-4-8-21(20)32(24)2/h3-13H,1-2H3/b16-12+. The summed E-state index contributed by atoms with van der Waals surface area (Å²) in [6.07, 6.45) is 3.07. The zero-order chi connectivity index (χ0) is 24.7. The maximum Gasteiger partial charge on any atom is 0.269 e. The van der Waals surface area contributed by atoms with Crippen molar-refractivity contribution in [2.75, 3.05) is 0 Å². The van der Waals surface area contributed by atoms with E-state index in [9.17, 15) is 10.1 Å². The summed E-state index contributed by atoms with van der Waals surface area (Å²) in [5.41, 5.74) is 2.67. The van der Waals surface area contributed by atoms with E-state index in [1.165, 1.54) is 16.5 Å². The first-order chi connectivity index (χ1) is 16.9. The zero-order valence-electron chi connectivity index (χ0n) is 18.7. The van der Waals surface area contributed by atoms with Gasteiger partial charge < -0.3 is 9.30 Å². The maximum atomic E-state index is 13.6. The molecule has 0 aliphatic heterocycles. The molecule has 9 heteroatoms. The van der Waals surface area contributed by atoms with E-state index >= 15 is 0 Å². The largest absolute Gasteiger partial charge is 0.437 e. The fraction of sp³-hybridized carbons (Fsp3) is 0.0769. The van der Waals surface area contributed by atoms with Crippen molar-refractivity contribution in [3.63, 3.8) is 0 Å². The third kappa shape index (κ3) is 4.03. The molecular formula is C26H17Cl2N5O2. The molecule has 0 aliphatic rings. The molecule has 0 aliphatic carbocycles. The Kier molecular flexibility index (Phi) is 5.77. The second kappa shape index (κ2) is 8.91. The van der Waals surface area contributed by atoms with Crippen LogP contribution in [0.3, 0.4) is 0 Å². The molecule has 3 aromatic heterocycles. The van der Waals surface area contributed by atoms with Crippen molar-refractivity contribution in [3.05, 3.63) is 98.1 Å². The van der Waals surface area contributed by atoms with E-state index in [1.807, 2.05) is 44.3 Å². The Balaban J connectivity index is 1.76. The summed E-state index contributed by atoms with van der Waals surface area (Å²) in [6.45, 7) is 1.84. The number of rotatable bonds is 4. The molecule has 0 saturated carbocycles. The molecule has 0 spiro atoms. The van der Waals surface area contributed by atoms with E-state index < -0.39 is 5.56 Å². The van der Waals surface area contributed by atoms with Crippen LogP contribution in [0.2, 0.25) is 10.0 Å². The summed E-state index contributed by atoms with van der Waals surface area (Å²) < 4.78 is 9.23. The van der Waals surface area contributed by atoms with Gasteiger partial charge in [0.2, 0.25) is 5.88 Å². The van der Waals surface area contributed by atoms with Gasteiger partial charge in [0, 0.05) is 18.3 Å². The topological polar surface area (TPSA) is 85.2 Å². The van der Waals surface area contributed by atoms with Gasteiger partial charge in [0.15, 0.2) is 5.82 Å². The summed E-state index contributed by atoms with van der Waals surface area (Å²) in [5.74, 6) is 0.703. The molecule has 35 heavy (non-hydrogen) atoms. The van der Waals surface area contributed by atoms with E-state index in [-0.39, 0.29) is 27.8 Å². The van der Waals surface area contributed by atoms with Gasteiger partial charge in [0.1, 0.15) is 23.0 Å². The molecule has 0 atom stereocenters. The number of nitrogens with zero attached hydrogens (tertiary/aromatic N) is 5. The predicted molar refractivity (Wildman–Crippen MR) is 137 cm³/mol. The highest BCUT2D eigenvalue weighted by Crippen LogP contribution is 2.33. The number of fused-ring (bicyclic) bond motifs is 2. The van der Waals surface area contributed by atoms with Crippen LogP contribution in [0.4, 0.5) is 0 Å². The number of aryl methyl sites for hydroxylation is 2. The van der Waals surface area contributed by atoms with E-state index in [1.54, 1.807) is 29.0 Å². The minimum atomic E-state index is -0.398. The van der Waals surface area contributed by atoms with Gasteiger partial charge in [-0.05, 0) is 55.0 Å². The molecule has 0 unspecified atom stereocenters. The Bertz CT molecular complexity index is 1760. The summed E-state index contributed by atoms with van der Waals surface area (Å²) >= 11 is 12.3. The molecule has 3 heterocycles. The Morgan fingerprint density at radius 2 is 1.91 bits per heavy atom. The number of nitriles is 1. The van der Waals surface area contributed by atoms with Gasteiger partial charge >= 0.3 is 0 Å². The van der Waals surface area contributed by atoms with Crippen molar-refractivity contribution >= 4 is 51.5 Å². The molecule has 5 rings (SSSR count). The zero-order valence-corrected chi connectivity index (χ0v) is 20.2. The number of para-hydroxylation sites is 2. The van der Waals surface area contributed by atoms with E-state index in [2.05, 4.69) is 16.0 Å². The summed E-state index contributed by atoms with van der Waals surface area (Å²) in [7, 11) is 1.82. The van der Waals surface area contributed by atoms with Gasteiger partial charge in [-0.25, -0.2) is 4.98 Å². The van der Waals surface area contributed by atoms with Crippen LogP contribution in [0.15, 0.2) is 65.6 Å². The fourth-order valence-electron chi connectivity index (χ4n) is 3.83. The van der Waals surface area contributed by atoms with Crippen molar-refractivity contribution in [3.8, 4) is 17.7 Å². The van der Waals surface area contributed by atoms with Gasteiger partial charge in [-0.2, -0.15) is 10.2 Å². The summed E-state index contributed by atoms with van der Waals surface area (Å²) in [4.78, 5) is 22.8. The highest BCUT2D eigenvalue weighted by Gasteiger charge is 2.19. The molecule has 2 aromatic carbocycles. The van der Waals surface area contributed by atoms with Crippen molar-refractivity contribution in [2.45, 2.75) is 6.92 Å². The van der Waals surface area contributed by atoms with Crippen LogP contribution in [0.1, 0.15) is 17.0 Å². The van der Waals surface area contributed by atoms with Crippen molar-refractivity contribution in [1.29, 1.82) is 5.26 Å². The maximum absolute atomic E-state index is 13.6. The number of benzene rings is 2. The minimum absolute atomic E-state index is 0.0139. The van der Waals surface area contributed by atoms with Gasteiger partial charge in [0.05, 0.1) is 21.6 Å². The van der Waals surface area contributed by atoms with Crippen LogP contribution in [-0.2, 0) is 7.05 Å². The Hall–Kier alpha value is -4.12. The lowest BCUT2D eigenvalue weighted by molar-refractivity contribution is 0.461. The second-order valence-corrected chi connectivity index (χ2v) is 8.69. The van der Waals surface area contributed by atoms with Crippen LogP contribution in [0.25, 0.3) is 28.3 Å². The monoisotopic (exact) mass is 501 g/mol.